The van der Waals surface area contributed by atoms with Gasteiger partial charge in [-0.15, -0.1) is 0 Å². The first kappa shape index (κ1) is 21.3. The molecule has 0 bridgehead atoms. The van der Waals surface area contributed by atoms with E-state index < -0.39 is 23.5 Å². The fraction of sp³-hybridized carbons (Fsp3) is 0.318. The molecule has 1 aliphatic heterocycles. The van der Waals surface area contributed by atoms with Gasteiger partial charge >= 0.3 is 6.09 Å². The van der Waals surface area contributed by atoms with Crippen LogP contribution in [0.1, 0.15) is 54.0 Å². The lowest BCUT2D eigenvalue weighted by atomic mass is 10.1. The minimum atomic E-state index is -0.785. The molecule has 1 aliphatic rings. The Morgan fingerprint density at radius 1 is 1.03 bits per heavy atom. The lowest BCUT2D eigenvalue weighted by Gasteiger charge is -2.31. The summed E-state index contributed by atoms with van der Waals surface area (Å²) in [6, 6.07) is 10.4. The predicted molar refractivity (Wildman–Crippen MR) is 106 cm³/mol. The number of halogens is 1. The number of benzene rings is 2. The molecule has 0 aromatic heterocycles. The third-order valence-corrected chi connectivity index (χ3v) is 4.30. The van der Waals surface area contributed by atoms with Gasteiger partial charge in [0.2, 0.25) is 0 Å². The second kappa shape index (κ2) is 8.14. The fourth-order valence-corrected chi connectivity index (χ4v) is 2.93. The molecule has 3 amide bonds. The Morgan fingerprint density at radius 2 is 1.67 bits per heavy atom. The Kier molecular flexibility index (Phi) is 5.78. The predicted octanol–water partition coefficient (Wildman–Crippen LogP) is 4.17. The zero-order valence-electron chi connectivity index (χ0n) is 17.3. The number of hydrazine groups is 1. The van der Waals surface area contributed by atoms with E-state index in [9.17, 15) is 18.8 Å². The summed E-state index contributed by atoms with van der Waals surface area (Å²) in [6.45, 7) is 6.99. The summed E-state index contributed by atoms with van der Waals surface area (Å²) in [6.07, 6.45) is -0.785. The molecule has 1 heterocycles. The van der Waals surface area contributed by atoms with E-state index >= 15 is 0 Å². The lowest BCUT2D eigenvalue weighted by molar-refractivity contribution is -0.0268. The van der Waals surface area contributed by atoms with Gasteiger partial charge in [0, 0.05) is 6.54 Å². The van der Waals surface area contributed by atoms with E-state index in [0.29, 0.717) is 5.75 Å². The molecule has 0 unspecified atom stereocenters. The molecular formula is C22H23FN2O5. The number of hydrogen-bond donors (Lipinski definition) is 0. The number of nitrogens with zero attached hydrogens (tertiary/aromatic N) is 2. The third kappa shape index (κ3) is 4.42. The second-order valence-corrected chi connectivity index (χ2v) is 7.74. The number of carbonyl (C=O) groups excluding carboxylic acids is 3. The van der Waals surface area contributed by atoms with Crippen molar-refractivity contribution in [3.05, 3.63) is 65.0 Å². The molecule has 8 heteroatoms. The summed E-state index contributed by atoms with van der Waals surface area (Å²) in [5.74, 6) is -1.20. The molecule has 0 radical (unpaired) electrons. The Morgan fingerprint density at radius 3 is 2.27 bits per heavy atom. The summed E-state index contributed by atoms with van der Waals surface area (Å²) < 4.78 is 24.0. The molecule has 30 heavy (non-hydrogen) atoms. The Labute approximate surface area is 173 Å². The van der Waals surface area contributed by atoms with Gasteiger partial charge < -0.3 is 9.47 Å². The van der Waals surface area contributed by atoms with Gasteiger partial charge in [-0.05, 0) is 63.6 Å². The van der Waals surface area contributed by atoms with Gasteiger partial charge in [-0.1, -0.05) is 12.1 Å². The van der Waals surface area contributed by atoms with Crippen molar-refractivity contribution in [2.45, 2.75) is 39.9 Å². The average molecular weight is 414 g/mol. The first-order chi connectivity index (χ1) is 14.1. The van der Waals surface area contributed by atoms with E-state index in [2.05, 4.69) is 0 Å². The maximum absolute atomic E-state index is 13.0. The largest absolute Gasteiger partial charge is 0.489 e. The monoisotopic (exact) mass is 414 g/mol. The van der Waals surface area contributed by atoms with Crippen molar-refractivity contribution in [1.82, 2.24) is 10.0 Å². The molecule has 0 saturated carbocycles. The molecular weight excluding hydrogens is 391 g/mol. The molecule has 0 saturated heterocycles. The number of rotatable bonds is 5. The standard InChI is InChI=1S/C22H23FN2O5/c1-5-24(21(28)30-22(2,3)4)25-19(26)17-11-10-16(12-18(17)20(25)27)29-13-14-6-8-15(23)9-7-14/h6-12H,5,13H2,1-4H3. The van der Waals surface area contributed by atoms with Crippen LogP contribution in [0.4, 0.5) is 9.18 Å². The van der Waals surface area contributed by atoms with E-state index in [1.54, 1.807) is 45.9 Å². The Bertz CT molecular complexity index is 982. The Balaban J connectivity index is 1.78. The number of amides is 3. The smallest absolute Gasteiger partial charge is 0.429 e. The van der Waals surface area contributed by atoms with Crippen LogP contribution in [0, 0.1) is 5.82 Å². The first-order valence-electron chi connectivity index (χ1n) is 9.51. The zero-order valence-corrected chi connectivity index (χ0v) is 17.3. The molecule has 3 rings (SSSR count). The van der Waals surface area contributed by atoms with Gasteiger partial charge in [0.15, 0.2) is 0 Å². The van der Waals surface area contributed by atoms with Crippen molar-refractivity contribution >= 4 is 17.9 Å². The van der Waals surface area contributed by atoms with Gasteiger partial charge in [0.05, 0.1) is 11.1 Å². The normalized spacial score (nSPS) is 13.3. The summed E-state index contributed by atoms with van der Waals surface area (Å²) in [4.78, 5) is 38.2. The van der Waals surface area contributed by atoms with Gasteiger partial charge in [-0.25, -0.2) is 14.2 Å². The Hall–Kier alpha value is -3.42. The highest BCUT2D eigenvalue weighted by atomic mass is 19.1. The zero-order chi connectivity index (χ0) is 22.1. The van der Waals surface area contributed by atoms with E-state index in [0.717, 1.165) is 15.6 Å². The summed E-state index contributed by atoms with van der Waals surface area (Å²) >= 11 is 0. The van der Waals surface area contributed by atoms with Crippen LogP contribution >= 0.6 is 0 Å². The van der Waals surface area contributed by atoms with Crippen LogP contribution in [0.25, 0.3) is 0 Å². The van der Waals surface area contributed by atoms with Gasteiger partial charge in [0.1, 0.15) is 23.8 Å². The van der Waals surface area contributed by atoms with Crippen LogP contribution in [-0.2, 0) is 11.3 Å². The number of fused-ring (bicyclic) bond motifs is 1. The second-order valence-electron chi connectivity index (χ2n) is 7.74. The van der Waals surface area contributed by atoms with Crippen molar-refractivity contribution < 1.29 is 28.2 Å². The van der Waals surface area contributed by atoms with Crippen LogP contribution < -0.4 is 4.74 Å². The van der Waals surface area contributed by atoms with E-state index in [1.165, 1.54) is 24.3 Å². The van der Waals surface area contributed by atoms with E-state index in [4.69, 9.17) is 9.47 Å². The highest BCUT2D eigenvalue weighted by Crippen LogP contribution is 2.29. The van der Waals surface area contributed by atoms with Gasteiger partial charge in [0.25, 0.3) is 11.8 Å². The minimum Gasteiger partial charge on any atom is -0.489 e. The molecule has 0 N–H and O–H groups in total. The molecule has 0 fully saturated rings. The molecule has 7 nitrogen and oxygen atoms in total. The van der Waals surface area contributed by atoms with Crippen molar-refractivity contribution in [2.24, 2.45) is 0 Å². The van der Waals surface area contributed by atoms with E-state index in [-0.39, 0.29) is 30.1 Å². The summed E-state index contributed by atoms with van der Waals surface area (Å²) in [7, 11) is 0. The highest BCUT2D eigenvalue weighted by Gasteiger charge is 2.42. The molecule has 0 atom stereocenters. The van der Waals surface area contributed by atoms with Crippen molar-refractivity contribution in [2.75, 3.05) is 6.54 Å². The van der Waals surface area contributed by atoms with Crippen LogP contribution in [0.5, 0.6) is 5.75 Å². The van der Waals surface area contributed by atoms with Crippen LogP contribution in [-0.4, -0.2) is 40.1 Å². The SMILES string of the molecule is CCN(C(=O)OC(C)(C)C)N1C(=O)c2ccc(OCc3ccc(F)cc3)cc2C1=O. The molecule has 2 aromatic carbocycles. The summed E-state index contributed by atoms with van der Waals surface area (Å²) in [5.41, 5.74) is 0.294. The first-order valence-corrected chi connectivity index (χ1v) is 9.51. The molecule has 0 spiro atoms. The van der Waals surface area contributed by atoms with Crippen LogP contribution in [0.3, 0.4) is 0 Å². The average Bonchev–Trinajstić information content (AvgIpc) is 2.92. The van der Waals surface area contributed by atoms with E-state index in [1.807, 2.05) is 0 Å². The van der Waals surface area contributed by atoms with Gasteiger partial charge in [-0.3, -0.25) is 9.59 Å². The molecule has 158 valence electrons. The number of imide groups is 1. The van der Waals surface area contributed by atoms with Crippen molar-refractivity contribution in [3.63, 3.8) is 0 Å². The third-order valence-electron chi connectivity index (χ3n) is 4.30. The fourth-order valence-electron chi connectivity index (χ4n) is 2.93. The van der Waals surface area contributed by atoms with Crippen LogP contribution in [0.15, 0.2) is 42.5 Å². The van der Waals surface area contributed by atoms with Gasteiger partial charge in [-0.2, -0.15) is 5.01 Å². The summed E-state index contributed by atoms with van der Waals surface area (Å²) in [5, 5.41) is 1.78. The van der Waals surface area contributed by atoms with Crippen molar-refractivity contribution in [1.29, 1.82) is 0 Å². The molecule has 2 aromatic rings. The lowest BCUT2D eigenvalue weighted by Crippen LogP contribution is -2.51. The maximum atomic E-state index is 13.0. The highest BCUT2D eigenvalue weighted by molar-refractivity contribution is 6.21. The number of hydrogen-bond acceptors (Lipinski definition) is 5. The van der Waals surface area contributed by atoms with Crippen molar-refractivity contribution in [3.8, 4) is 5.75 Å². The number of ether oxygens (including phenoxy) is 2. The maximum Gasteiger partial charge on any atom is 0.429 e. The molecule has 0 aliphatic carbocycles. The quantitative estimate of drug-likeness (QED) is 0.687. The van der Waals surface area contributed by atoms with Crippen LogP contribution in [0.2, 0.25) is 0 Å². The topological polar surface area (TPSA) is 76.2 Å². The number of carbonyl (C=O) groups is 3. The minimum absolute atomic E-state index is 0.0777.